The molecule has 0 radical (unpaired) electrons. The van der Waals surface area contributed by atoms with Crippen molar-refractivity contribution in [3.05, 3.63) is 18.0 Å². The molecule has 0 spiro atoms. The molecular weight excluding hydrogens is 234 g/mol. The van der Waals surface area contributed by atoms with Gasteiger partial charge in [-0.15, -0.1) is 0 Å². The highest BCUT2D eigenvalue weighted by atomic mass is 15.2. The standard InChI is InChI=1S/C16H29N3/c1-16(2,3)14-5-7-15(8-6-14)17-10-9-13-11-18-19(4)12-13/h11-12,14-15,17H,5-10H2,1-4H3. The molecule has 19 heavy (non-hydrogen) atoms. The Labute approximate surface area is 117 Å². The van der Waals surface area contributed by atoms with Gasteiger partial charge in [-0.2, -0.15) is 5.10 Å². The number of nitrogens with zero attached hydrogens (tertiary/aromatic N) is 2. The summed E-state index contributed by atoms with van der Waals surface area (Å²) < 4.78 is 1.88. The summed E-state index contributed by atoms with van der Waals surface area (Å²) >= 11 is 0. The highest BCUT2D eigenvalue weighted by Crippen LogP contribution is 2.37. The quantitative estimate of drug-likeness (QED) is 0.904. The summed E-state index contributed by atoms with van der Waals surface area (Å²) in [5.74, 6) is 0.906. The van der Waals surface area contributed by atoms with Crippen LogP contribution in [0.25, 0.3) is 0 Å². The number of hydrogen-bond acceptors (Lipinski definition) is 2. The van der Waals surface area contributed by atoms with Crippen LogP contribution < -0.4 is 5.32 Å². The predicted octanol–water partition coefficient (Wildman–Crippen LogP) is 3.16. The number of rotatable bonds is 4. The zero-order valence-corrected chi connectivity index (χ0v) is 12.9. The van der Waals surface area contributed by atoms with E-state index in [0.717, 1.165) is 24.9 Å². The van der Waals surface area contributed by atoms with Crippen molar-refractivity contribution in [3.63, 3.8) is 0 Å². The molecule has 3 heteroatoms. The molecule has 0 atom stereocenters. The molecular formula is C16H29N3. The third kappa shape index (κ3) is 4.34. The summed E-state index contributed by atoms with van der Waals surface area (Å²) in [6, 6.07) is 0.732. The van der Waals surface area contributed by atoms with Crippen LogP contribution in [0.3, 0.4) is 0 Å². The van der Waals surface area contributed by atoms with E-state index in [9.17, 15) is 0 Å². The minimum absolute atomic E-state index is 0.487. The Bertz CT molecular complexity index is 381. The van der Waals surface area contributed by atoms with Crippen molar-refractivity contribution in [1.82, 2.24) is 15.1 Å². The Kier molecular flexibility index (Phi) is 4.67. The second-order valence-electron chi connectivity index (χ2n) is 7.14. The first-order valence-corrected chi connectivity index (χ1v) is 7.66. The van der Waals surface area contributed by atoms with Gasteiger partial charge in [-0.1, -0.05) is 20.8 Å². The van der Waals surface area contributed by atoms with Crippen LogP contribution in [-0.2, 0) is 13.5 Å². The smallest absolute Gasteiger partial charge is 0.0522 e. The maximum absolute atomic E-state index is 4.21. The molecule has 2 rings (SSSR count). The molecule has 1 aliphatic rings. The largest absolute Gasteiger partial charge is 0.314 e. The fraction of sp³-hybridized carbons (Fsp3) is 0.812. The first-order chi connectivity index (χ1) is 8.95. The van der Waals surface area contributed by atoms with Crippen molar-refractivity contribution >= 4 is 0 Å². The summed E-state index contributed by atoms with van der Waals surface area (Å²) in [4.78, 5) is 0. The minimum Gasteiger partial charge on any atom is -0.314 e. The first kappa shape index (κ1) is 14.6. The summed E-state index contributed by atoms with van der Waals surface area (Å²) in [7, 11) is 1.98. The van der Waals surface area contributed by atoms with Crippen molar-refractivity contribution in [1.29, 1.82) is 0 Å². The lowest BCUT2D eigenvalue weighted by Crippen LogP contribution is -2.37. The molecule has 1 aromatic rings. The van der Waals surface area contributed by atoms with Gasteiger partial charge in [-0.25, -0.2) is 0 Å². The minimum atomic E-state index is 0.487. The summed E-state index contributed by atoms with van der Waals surface area (Å²) in [5.41, 5.74) is 1.82. The van der Waals surface area contributed by atoms with Crippen LogP contribution in [0.1, 0.15) is 52.0 Å². The van der Waals surface area contributed by atoms with E-state index < -0.39 is 0 Å². The maximum Gasteiger partial charge on any atom is 0.0522 e. The van der Waals surface area contributed by atoms with Crippen molar-refractivity contribution in [2.45, 2.75) is 58.9 Å². The maximum atomic E-state index is 4.21. The molecule has 0 aliphatic heterocycles. The van der Waals surface area contributed by atoms with E-state index in [0.29, 0.717) is 5.41 Å². The lowest BCUT2D eigenvalue weighted by Gasteiger charge is -2.37. The van der Waals surface area contributed by atoms with Crippen molar-refractivity contribution in [3.8, 4) is 0 Å². The number of aryl methyl sites for hydroxylation is 1. The van der Waals surface area contributed by atoms with E-state index >= 15 is 0 Å². The molecule has 1 fully saturated rings. The van der Waals surface area contributed by atoms with Gasteiger partial charge in [0.25, 0.3) is 0 Å². The van der Waals surface area contributed by atoms with Crippen LogP contribution >= 0.6 is 0 Å². The fourth-order valence-electron chi connectivity index (χ4n) is 3.19. The molecule has 0 unspecified atom stereocenters. The molecule has 0 bridgehead atoms. The van der Waals surface area contributed by atoms with E-state index in [4.69, 9.17) is 0 Å². The van der Waals surface area contributed by atoms with Gasteiger partial charge in [-0.05, 0) is 55.5 Å². The van der Waals surface area contributed by atoms with Crippen LogP contribution in [0.15, 0.2) is 12.4 Å². The average Bonchev–Trinajstić information content (AvgIpc) is 2.75. The second-order valence-corrected chi connectivity index (χ2v) is 7.14. The zero-order valence-electron chi connectivity index (χ0n) is 12.9. The number of aromatic nitrogens is 2. The topological polar surface area (TPSA) is 29.9 Å². The van der Waals surface area contributed by atoms with Crippen LogP contribution in [0, 0.1) is 11.3 Å². The predicted molar refractivity (Wildman–Crippen MR) is 80.1 cm³/mol. The SMILES string of the molecule is Cn1cc(CCNC2CCC(C(C)(C)C)CC2)cn1. The second kappa shape index (κ2) is 6.08. The lowest BCUT2D eigenvalue weighted by atomic mass is 9.71. The van der Waals surface area contributed by atoms with E-state index in [2.05, 4.69) is 37.4 Å². The Hall–Kier alpha value is -0.830. The Morgan fingerprint density at radius 2 is 1.95 bits per heavy atom. The van der Waals surface area contributed by atoms with Gasteiger partial charge in [-0.3, -0.25) is 4.68 Å². The fourth-order valence-corrected chi connectivity index (χ4v) is 3.19. The van der Waals surface area contributed by atoms with Crippen molar-refractivity contribution in [2.75, 3.05) is 6.54 Å². The van der Waals surface area contributed by atoms with E-state index in [-0.39, 0.29) is 0 Å². The molecule has 0 aromatic carbocycles. The summed E-state index contributed by atoms with van der Waals surface area (Å²) in [6.45, 7) is 8.23. The molecule has 1 saturated carbocycles. The first-order valence-electron chi connectivity index (χ1n) is 7.66. The van der Waals surface area contributed by atoms with Gasteiger partial charge in [0.15, 0.2) is 0 Å². The number of nitrogens with one attached hydrogen (secondary N) is 1. The normalized spacial score (nSPS) is 24.6. The summed E-state index contributed by atoms with van der Waals surface area (Å²) in [6.07, 6.45) is 10.6. The highest BCUT2D eigenvalue weighted by Gasteiger charge is 2.29. The molecule has 1 aliphatic carbocycles. The number of hydrogen-bond donors (Lipinski definition) is 1. The van der Waals surface area contributed by atoms with Gasteiger partial charge >= 0.3 is 0 Å². The van der Waals surface area contributed by atoms with Crippen LogP contribution in [-0.4, -0.2) is 22.4 Å². The van der Waals surface area contributed by atoms with Crippen LogP contribution in [0.4, 0.5) is 0 Å². The van der Waals surface area contributed by atoms with Gasteiger partial charge in [0.05, 0.1) is 6.20 Å². The van der Waals surface area contributed by atoms with E-state index in [1.807, 2.05) is 17.9 Å². The molecule has 108 valence electrons. The third-order valence-electron chi connectivity index (χ3n) is 4.56. The molecule has 1 heterocycles. The van der Waals surface area contributed by atoms with Gasteiger partial charge in [0.1, 0.15) is 0 Å². The monoisotopic (exact) mass is 263 g/mol. The van der Waals surface area contributed by atoms with Crippen molar-refractivity contribution in [2.24, 2.45) is 18.4 Å². The van der Waals surface area contributed by atoms with E-state index in [1.54, 1.807) is 0 Å². The van der Waals surface area contributed by atoms with Gasteiger partial charge < -0.3 is 5.32 Å². The highest BCUT2D eigenvalue weighted by molar-refractivity contribution is 5.04. The Balaban J connectivity index is 1.66. The van der Waals surface area contributed by atoms with Gasteiger partial charge in [0, 0.05) is 19.3 Å². The average molecular weight is 263 g/mol. The van der Waals surface area contributed by atoms with Crippen LogP contribution in [0.5, 0.6) is 0 Å². The van der Waals surface area contributed by atoms with Crippen molar-refractivity contribution < 1.29 is 0 Å². The lowest BCUT2D eigenvalue weighted by molar-refractivity contribution is 0.160. The molecule has 1 N–H and O–H groups in total. The Morgan fingerprint density at radius 3 is 2.47 bits per heavy atom. The Morgan fingerprint density at radius 1 is 1.26 bits per heavy atom. The molecule has 0 amide bonds. The third-order valence-corrected chi connectivity index (χ3v) is 4.56. The van der Waals surface area contributed by atoms with E-state index in [1.165, 1.54) is 31.2 Å². The van der Waals surface area contributed by atoms with Gasteiger partial charge in [0.2, 0.25) is 0 Å². The molecule has 3 nitrogen and oxygen atoms in total. The zero-order chi connectivity index (χ0) is 13.9. The molecule has 0 saturated heterocycles. The summed E-state index contributed by atoms with van der Waals surface area (Å²) in [5, 5.41) is 7.92. The molecule has 1 aromatic heterocycles. The van der Waals surface area contributed by atoms with Crippen LogP contribution in [0.2, 0.25) is 0 Å².